The molecule has 0 unspecified atom stereocenters. The van der Waals surface area contributed by atoms with Crippen molar-refractivity contribution in [2.75, 3.05) is 19.0 Å². The van der Waals surface area contributed by atoms with E-state index in [4.69, 9.17) is 4.74 Å². The van der Waals surface area contributed by atoms with Crippen molar-refractivity contribution >= 4 is 17.7 Å². The maximum Gasteiger partial charge on any atom is 0.412 e. The van der Waals surface area contributed by atoms with Crippen molar-refractivity contribution in [2.24, 2.45) is 0 Å². The van der Waals surface area contributed by atoms with Gasteiger partial charge < -0.3 is 9.47 Å². The Labute approximate surface area is 167 Å². The minimum Gasteiger partial charge on any atom is -0.469 e. The predicted molar refractivity (Wildman–Crippen MR) is 108 cm³/mol. The highest BCUT2D eigenvalue weighted by atomic mass is 19.1. The number of esters is 1. The Bertz CT molecular complexity index is 656. The molecular weight excluding hydrogens is 363 g/mol. The molecule has 0 atom stereocenters. The van der Waals surface area contributed by atoms with Gasteiger partial charge >= 0.3 is 12.1 Å². The zero-order valence-electron chi connectivity index (χ0n) is 17.8. The third-order valence-corrected chi connectivity index (χ3v) is 4.10. The number of halogens is 1. The lowest BCUT2D eigenvalue weighted by molar-refractivity contribution is -0.140. The highest BCUT2D eigenvalue weighted by molar-refractivity contribution is 5.84. The van der Waals surface area contributed by atoms with E-state index in [9.17, 15) is 14.0 Å². The van der Waals surface area contributed by atoms with Crippen molar-refractivity contribution in [1.82, 2.24) is 4.90 Å². The van der Waals surface area contributed by atoms with Gasteiger partial charge in [-0.3, -0.25) is 15.0 Å². The van der Waals surface area contributed by atoms with Gasteiger partial charge in [0.2, 0.25) is 0 Å². The fraction of sp³-hybridized carbons (Fsp3) is 0.619. The van der Waals surface area contributed by atoms with Crippen LogP contribution in [0.25, 0.3) is 0 Å². The number of hydrogen-bond acceptors (Lipinski definition) is 5. The lowest BCUT2D eigenvalue weighted by Crippen LogP contribution is -2.32. The Hall–Kier alpha value is -2.15. The second kappa shape index (κ2) is 11.0. The minimum absolute atomic E-state index is 0.208. The van der Waals surface area contributed by atoms with Crippen LogP contribution in [-0.2, 0) is 20.8 Å². The molecule has 0 saturated carbocycles. The number of nitrogens with zero attached hydrogens (tertiary/aromatic N) is 1. The second-order valence-corrected chi connectivity index (χ2v) is 8.03. The number of amides is 1. The van der Waals surface area contributed by atoms with Crippen LogP contribution in [0.1, 0.15) is 59.4 Å². The molecular formula is C21H33FN2O4. The molecule has 1 rings (SSSR count). The van der Waals surface area contributed by atoms with E-state index in [2.05, 4.69) is 15.0 Å². The third kappa shape index (κ3) is 9.17. The Morgan fingerprint density at radius 3 is 2.46 bits per heavy atom. The molecule has 0 saturated heterocycles. The Morgan fingerprint density at radius 2 is 1.89 bits per heavy atom. The molecule has 0 aliphatic heterocycles. The number of hydrogen-bond donors (Lipinski definition) is 1. The molecule has 1 aromatic carbocycles. The summed E-state index contributed by atoms with van der Waals surface area (Å²) in [6.07, 6.45) is 1.34. The normalized spacial score (nSPS) is 11.6. The summed E-state index contributed by atoms with van der Waals surface area (Å²) in [7, 11) is 1.38. The standard InChI is InChI=1S/C21H33FN2O4/c1-15(2)24(12-8-7-9-19(25)27-6)14-16-13-17(10-11-18(16)22)23-20(26)28-21(3,4)5/h10-11,13,15H,7-9,12,14H2,1-6H3,(H,23,26). The topological polar surface area (TPSA) is 67.9 Å². The number of benzene rings is 1. The fourth-order valence-electron chi connectivity index (χ4n) is 2.62. The quantitative estimate of drug-likeness (QED) is 0.483. The summed E-state index contributed by atoms with van der Waals surface area (Å²) in [6.45, 7) is 10.6. The van der Waals surface area contributed by atoms with Crippen LogP contribution in [0.2, 0.25) is 0 Å². The molecule has 0 aliphatic rings. The number of carbonyl (C=O) groups excluding carboxylic acids is 2. The van der Waals surface area contributed by atoms with E-state index >= 15 is 0 Å². The van der Waals surface area contributed by atoms with Crippen LogP contribution in [0.5, 0.6) is 0 Å². The van der Waals surface area contributed by atoms with Gasteiger partial charge in [-0.15, -0.1) is 0 Å². The van der Waals surface area contributed by atoms with Crippen LogP contribution in [0.15, 0.2) is 18.2 Å². The van der Waals surface area contributed by atoms with Crippen molar-refractivity contribution < 1.29 is 23.5 Å². The van der Waals surface area contributed by atoms with Crippen molar-refractivity contribution in [1.29, 1.82) is 0 Å². The van der Waals surface area contributed by atoms with Crippen LogP contribution in [0.4, 0.5) is 14.9 Å². The monoisotopic (exact) mass is 396 g/mol. The molecule has 1 aromatic rings. The molecule has 6 nitrogen and oxygen atoms in total. The van der Waals surface area contributed by atoms with Gasteiger partial charge in [0, 0.05) is 30.3 Å². The number of ether oxygens (including phenoxy) is 2. The van der Waals surface area contributed by atoms with Crippen molar-refractivity contribution in [3.8, 4) is 0 Å². The zero-order valence-corrected chi connectivity index (χ0v) is 17.8. The predicted octanol–water partition coefficient (Wildman–Crippen LogP) is 4.73. The first-order valence-corrected chi connectivity index (χ1v) is 9.61. The molecule has 0 spiro atoms. The van der Waals surface area contributed by atoms with Crippen LogP contribution in [0, 0.1) is 5.82 Å². The van der Waals surface area contributed by atoms with Gasteiger partial charge in [-0.25, -0.2) is 9.18 Å². The highest BCUT2D eigenvalue weighted by Gasteiger charge is 2.18. The number of nitrogens with one attached hydrogen (secondary N) is 1. The molecule has 7 heteroatoms. The summed E-state index contributed by atoms with van der Waals surface area (Å²) < 4.78 is 24.2. The summed E-state index contributed by atoms with van der Waals surface area (Å²) in [5.74, 6) is -0.544. The maximum atomic E-state index is 14.3. The fourth-order valence-corrected chi connectivity index (χ4v) is 2.62. The van der Waals surface area contributed by atoms with Gasteiger partial charge in [-0.05, 0) is 72.2 Å². The largest absolute Gasteiger partial charge is 0.469 e. The molecule has 0 fully saturated rings. The average Bonchev–Trinajstić information content (AvgIpc) is 2.57. The average molecular weight is 397 g/mol. The molecule has 0 radical (unpaired) electrons. The van der Waals surface area contributed by atoms with E-state index in [1.54, 1.807) is 26.8 Å². The molecule has 1 amide bonds. The van der Waals surface area contributed by atoms with E-state index in [-0.39, 0.29) is 17.8 Å². The molecule has 0 heterocycles. The Balaban J connectivity index is 2.73. The number of carbonyl (C=O) groups is 2. The molecule has 0 bridgehead atoms. The maximum absolute atomic E-state index is 14.3. The second-order valence-electron chi connectivity index (χ2n) is 8.03. The van der Waals surface area contributed by atoms with Gasteiger partial charge in [0.05, 0.1) is 7.11 Å². The van der Waals surface area contributed by atoms with Crippen LogP contribution < -0.4 is 5.32 Å². The van der Waals surface area contributed by atoms with Crippen molar-refractivity contribution in [3.05, 3.63) is 29.6 Å². The summed E-state index contributed by atoms with van der Waals surface area (Å²) in [5.41, 5.74) is 0.376. The number of methoxy groups -OCH3 is 1. The SMILES string of the molecule is COC(=O)CCCCN(Cc1cc(NC(=O)OC(C)(C)C)ccc1F)C(C)C. The minimum atomic E-state index is -0.606. The highest BCUT2D eigenvalue weighted by Crippen LogP contribution is 2.19. The van der Waals surface area contributed by atoms with E-state index in [1.165, 1.54) is 19.2 Å². The molecule has 0 aromatic heterocycles. The summed E-state index contributed by atoms with van der Waals surface area (Å²) in [6, 6.07) is 4.69. The number of unbranched alkanes of at least 4 members (excludes halogenated alkanes) is 1. The van der Waals surface area contributed by atoms with Crippen LogP contribution in [-0.4, -0.2) is 42.3 Å². The van der Waals surface area contributed by atoms with Gasteiger partial charge in [-0.2, -0.15) is 0 Å². The Morgan fingerprint density at radius 1 is 1.21 bits per heavy atom. The molecule has 0 aliphatic carbocycles. The van der Waals surface area contributed by atoms with Crippen LogP contribution in [0.3, 0.4) is 0 Å². The summed E-state index contributed by atoms with van der Waals surface area (Å²) >= 11 is 0. The van der Waals surface area contributed by atoms with Gasteiger partial charge in [-0.1, -0.05) is 0 Å². The lowest BCUT2D eigenvalue weighted by Gasteiger charge is -2.27. The van der Waals surface area contributed by atoms with Crippen molar-refractivity contribution in [3.63, 3.8) is 0 Å². The Kier molecular flexibility index (Phi) is 9.38. The van der Waals surface area contributed by atoms with E-state index < -0.39 is 11.7 Å². The van der Waals surface area contributed by atoms with Gasteiger partial charge in [0.25, 0.3) is 0 Å². The number of anilines is 1. The van der Waals surface area contributed by atoms with E-state index in [0.717, 1.165) is 19.4 Å². The molecule has 1 N–H and O–H groups in total. The molecule has 158 valence electrons. The zero-order chi connectivity index (χ0) is 21.3. The first-order chi connectivity index (χ1) is 13.0. The first kappa shape index (κ1) is 23.9. The van der Waals surface area contributed by atoms with Crippen molar-refractivity contribution in [2.45, 2.75) is 72.1 Å². The van der Waals surface area contributed by atoms with Gasteiger partial charge in [0.15, 0.2) is 0 Å². The summed E-state index contributed by atoms with van der Waals surface area (Å²) in [4.78, 5) is 25.3. The smallest absolute Gasteiger partial charge is 0.412 e. The number of rotatable bonds is 9. The molecule has 28 heavy (non-hydrogen) atoms. The first-order valence-electron chi connectivity index (χ1n) is 9.61. The van der Waals surface area contributed by atoms with Gasteiger partial charge in [0.1, 0.15) is 11.4 Å². The lowest BCUT2D eigenvalue weighted by atomic mass is 10.1. The summed E-state index contributed by atoms with van der Waals surface area (Å²) in [5, 5.41) is 2.64. The van der Waals surface area contributed by atoms with Crippen LogP contribution >= 0.6 is 0 Å². The van der Waals surface area contributed by atoms with E-state index in [0.29, 0.717) is 24.2 Å². The van der Waals surface area contributed by atoms with E-state index in [1.807, 2.05) is 13.8 Å². The third-order valence-electron chi connectivity index (χ3n) is 4.10.